The third-order valence-corrected chi connectivity index (χ3v) is 3.86. The van der Waals surface area contributed by atoms with Gasteiger partial charge in [0.15, 0.2) is 0 Å². The van der Waals surface area contributed by atoms with Gasteiger partial charge in [-0.25, -0.2) is 4.98 Å². The molecule has 1 saturated heterocycles. The van der Waals surface area contributed by atoms with Crippen LogP contribution in [0.1, 0.15) is 52.7 Å². The van der Waals surface area contributed by atoms with Crippen LogP contribution in [0.25, 0.3) is 0 Å². The molecule has 0 spiro atoms. The second-order valence-corrected chi connectivity index (χ2v) is 9.36. The van der Waals surface area contributed by atoms with Gasteiger partial charge in [0.25, 0.3) is 0 Å². The number of likely N-dealkylation sites (N-methyl/N-ethyl adjacent to an activating group) is 1. The zero-order valence-corrected chi connectivity index (χ0v) is 21.9. The standard InChI is InChI=1S/C17H24F3N3O2.C4H9O.Na/c1-16(2,3)25-15(24)10-12-9-14(21-11-13(12)17(18,19)20)23-7-5-22(4)6-8-23;1-4(2,3)5;/h9,11H,5-8,10H2,1-4H3;1-3H3;/q;-1;+1. The van der Waals surface area contributed by atoms with Crippen molar-refractivity contribution in [2.24, 2.45) is 0 Å². The van der Waals surface area contributed by atoms with E-state index in [0.29, 0.717) is 18.9 Å². The molecule has 172 valence electrons. The molecule has 2 heterocycles. The number of halogens is 3. The first-order chi connectivity index (χ1) is 13.5. The number of piperazine rings is 1. The van der Waals surface area contributed by atoms with Gasteiger partial charge in [0.2, 0.25) is 0 Å². The van der Waals surface area contributed by atoms with Gasteiger partial charge < -0.3 is 19.6 Å². The Labute approximate surface area is 205 Å². The number of carbonyl (C=O) groups is 1. The first kappa shape index (κ1) is 30.1. The van der Waals surface area contributed by atoms with Crippen LogP contribution in [-0.2, 0) is 22.1 Å². The number of hydrogen-bond donors (Lipinski definition) is 0. The molecule has 10 heteroatoms. The molecule has 1 aromatic heterocycles. The molecular weight excluding hydrogens is 422 g/mol. The van der Waals surface area contributed by atoms with E-state index >= 15 is 0 Å². The second kappa shape index (κ2) is 11.8. The van der Waals surface area contributed by atoms with Crippen molar-refractivity contribution in [3.63, 3.8) is 0 Å². The molecule has 0 amide bonds. The third-order valence-electron chi connectivity index (χ3n) is 3.86. The molecule has 31 heavy (non-hydrogen) atoms. The van der Waals surface area contributed by atoms with Crippen LogP contribution in [0.5, 0.6) is 0 Å². The molecule has 0 unspecified atom stereocenters. The summed E-state index contributed by atoms with van der Waals surface area (Å²) >= 11 is 0. The molecule has 1 aliphatic heterocycles. The zero-order valence-electron chi connectivity index (χ0n) is 19.9. The van der Waals surface area contributed by atoms with Crippen LogP contribution in [0.4, 0.5) is 19.0 Å². The number of esters is 1. The van der Waals surface area contributed by atoms with Gasteiger partial charge in [-0.1, -0.05) is 20.8 Å². The van der Waals surface area contributed by atoms with Gasteiger partial charge in [-0.3, -0.25) is 4.79 Å². The average molecular weight is 455 g/mol. The summed E-state index contributed by atoms with van der Waals surface area (Å²) in [5.74, 6) is -0.229. The average Bonchev–Trinajstić information content (AvgIpc) is 2.51. The Kier molecular flexibility index (Phi) is 11.5. The Morgan fingerprint density at radius 3 is 2.00 bits per heavy atom. The number of hydrogen-bond acceptors (Lipinski definition) is 6. The molecule has 1 aromatic rings. The Morgan fingerprint density at radius 1 is 1.10 bits per heavy atom. The number of ether oxygens (including phenoxy) is 1. The minimum atomic E-state index is -4.56. The summed E-state index contributed by atoms with van der Waals surface area (Å²) < 4.78 is 44.9. The summed E-state index contributed by atoms with van der Waals surface area (Å²) in [4.78, 5) is 20.0. The predicted octanol–water partition coefficient (Wildman–Crippen LogP) is -0.114. The van der Waals surface area contributed by atoms with Crippen LogP contribution in [0.15, 0.2) is 12.3 Å². The number of anilines is 1. The van der Waals surface area contributed by atoms with Crippen molar-refractivity contribution in [1.82, 2.24) is 9.88 Å². The van der Waals surface area contributed by atoms with Crippen LogP contribution >= 0.6 is 0 Å². The SMILES string of the molecule is CC(C)(C)[O-].CN1CCN(c2cc(CC(=O)OC(C)(C)C)c(C(F)(F)F)cn2)CC1.[Na+]. The van der Waals surface area contributed by atoms with Crippen molar-refractivity contribution < 1.29 is 57.4 Å². The van der Waals surface area contributed by atoms with Crippen molar-refractivity contribution in [2.45, 2.75) is 65.3 Å². The van der Waals surface area contributed by atoms with Crippen molar-refractivity contribution in [1.29, 1.82) is 0 Å². The third kappa shape index (κ3) is 12.7. The summed E-state index contributed by atoms with van der Waals surface area (Å²) in [7, 11) is 1.99. The molecule has 2 rings (SSSR count). The van der Waals surface area contributed by atoms with Gasteiger partial charge in [0.05, 0.1) is 12.0 Å². The maximum Gasteiger partial charge on any atom is 1.00 e. The van der Waals surface area contributed by atoms with Gasteiger partial charge in [-0.2, -0.15) is 13.2 Å². The Hall–Kier alpha value is -0.870. The van der Waals surface area contributed by atoms with E-state index in [1.807, 2.05) is 11.9 Å². The monoisotopic (exact) mass is 455 g/mol. The van der Waals surface area contributed by atoms with E-state index in [-0.39, 0.29) is 35.1 Å². The van der Waals surface area contributed by atoms with E-state index in [1.165, 1.54) is 6.07 Å². The Balaban J connectivity index is 0.00000135. The van der Waals surface area contributed by atoms with E-state index in [0.717, 1.165) is 19.3 Å². The molecular formula is C21H33F3N3NaO3. The molecule has 0 radical (unpaired) electrons. The zero-order chi connectivity index (χ0) is 23.3. The number of nitrogens with zero attached hydrogens (tertiary/aromatic N) is 3. The number of alkyl halides is 3. The van der Waals surface area contributed by atoms with Crippen LogP contribution in [0, 0.1) is 0 Å². The predicted molar refractivity (Wildman–Crippen MR) is 108 cm³/mol. The fraction of sp³-hybridized carbons (Fsp3) is 0.714. The number of carbonyl (C=O) groups excluding carboxylic acids is 1. The number of pyridine rings is 1. The van der Waals surface area contributed by atoms with Crippen molar-refractivity contribution >= 4 is 11.8 Å². The van der Waals surface area contributed by atoms with Crippen LogP contribution in [0.2, 0.25) is 0 Å². The van der Waals surface area contributed by atoms with E-state index < -0.39 is 35.3 Å². The molecule has 0 N–H and O–H groups in total. The normalized spacial score (nSPS) is 15.5. The van der Waals surface area contributed by atoms with Gasteiger partial charge in [-0.15, -0.1) is 5.60 Å². The van der Waals surface area contributed by atoms with Crippen LogP contribution < -0.4 is 39.6 Å². The van der Waals surface area contributed by atoms with Gasteiger partial charge >= 0.3 is 41.7 Å². The van der Waals surface area contributed by atoms with Gasteiger partial charge in [-0.05, 0) is 39.4 Å². The van der Waals surface area contributed by atoms with Crippen molar-refractivity contribution in [3.05, 3.63) is 23.4 Å². The first-order valence-electron chi connectivity index (χ1n) is 9.87. The van der Waals surface area contributed by atoms with Gasteiger partial charge in [0, 0.05) is 32.4 Å². The van der Waals surface area contributed by atoms with Crippen molar-refractivity contribution in [2.75, 3.05) is 38.1 Å². The fourth-order valence-electron chi connectivity index (χ4n) is 2.63. The first-order valence-corrected chi connectivity index (χ1v) is 9.87. The smallest absolute Gasteiger partial charge is 0.850 e. The molecule has 0 aliphatic carbocycles. The summed E-state index contributed by atoms with van der Waals surface area (Å²) in [6.45, 7) is 12.9. The maximum absolute atomic E-state index is 13.2. The molecule has 0 atom stereocenters. The topological polar surface area (TPSA) is 68.7 Å². The Bertz CT molecular complexity index is 703. The summed E-state index contributed by atoms with van der Waals surface area (Å²) in [6.07, 6.45) is -4.19. The Morgan fingerprint density at radius 2 is 1.58 bits per heavy atom. The van der Waals surface area contributed by atoms with Crippen LogP contribution in [0.3, 0.4) is 0 Å². The van der Waals surface area contributed by atoms with E-state index in [2.05, 4.69) is 9.88 Å². The quantitative estimate of drug-likeness (QED) is 0.468. The van der Waals surface area contributed by atoms with E-state index in [9.17, 15) is 23.1 Å². The van der Waals surface area contributed by atoms with Crippen molar-refractivity contribution in [3.8, 4) is 0 Å². The summed E-state index contributed by atoms with van der Waals surface area (Å²) in [5.41, 5.74) is -2.50. The molecule has 6 nitrogen and oxygen atoms in total. The summed E-state index contributed by atoms with van der Waals surface area (Å²) in [6, 6.07) is 1.36. The minimum Gasteiger partial charge on any atom is -0.850 e. The van der Waals surface area contributed by atoms with E-state index in [4.69, 9.17) is 4.74 Å². The number of aromatic nitrogens is 1. The number of rotatable bonds is 3. The fourth-order valence-corrected chi connectivity index (χ4v) is 2.63. The molecule has 1 aliphatic rings. The second-order valence-electron chi connectivity index (χ2n) is 9.36. The molecule has 1 fully saturated rings. The van der Waals surface area contributed by atoms with Gasteiger partial charge in [0.1, 0.15) is 11.4 Å². The summed E-state index contributed by atoms with van der Waals surface area (Å²) in [5, 5.41) is 10.1. The molecule has 0 saturated carbocycles. The molecule has 0 bridgehead atoms. The maximum atomic E-state index is 13.2. The minimum absolute atomic E-state index is 0. The van der Waals surface area contributed by atoms with Crippen LogP contribution in [-0.4, -0.2) is 60.3 Å². The van der Waals surface area contributed by atoms with E-state index in [1.54, 1.807) is 41.5 Å². The largest absolute Gasteiger partial charge is 1.00 e. The molecule has 0 aromatic carbocycles.